The minimum Gasteiger partial charge on any atom is -0.349 e. The maximum absolute atomic E-state index is 12.0. The Morgan fingerprint density at radius 3 is 2.37 bits per heavy atom. The summed E-state index contributed by atoms with van der Waals surface area (Å²) in [5, 5.41) is 8.96. The minimum atomic E-state index is -0.119. The average molecular weight is 261 g/mol. The molecule has 5 heteroatoms. The zero-order valence-corrected chi connectivity index (χ0v) is 11.0. The Kier molecular flexibility index (Phi) is 4.52. The quantitative estimate of drug-likeness (QED) is 0.764. The normalized spacial score (nSPS) is 15.8. The number of rotatable bonds is 3. The lowest BCUT2D eigenvalue weighted by Gasteiger charge is -2.23. The summed E-state index contributed by atoms with van der Waals surface area (Å²) < 4.78 is 0. The van der Waals surface area contributed by atoms with E-state index in [4.69, 9.17) is 0 Å². The second-order valence-corrected chi connectivity index (χ2v) is 4.76. The summed E-state index contributed by atoms with van der Waals surface area (Å²) >= 11 is 0. The molecule has 19 heavy (non-hydrogen) atoms. The van der Waals surface area contributed by atoms with Crippen LogP contribution in [0.5, 0.6) is 0 Å². The highest BCUT2D eigenvalue weighted by molar-refractivity contribution is 5.95. The molecule has 0 unspecified atom stereocenters. The topological polar surface area (TPSA) is 70.2 Å². The van der Waals surface area contributed by atoms with Crippen molar-refractivity contribution in [3.05, 3.63) is 29.8 Å². The van der Waals surface area contributed by atoms with E-state index < -0.39 is 0 Å². The van der Waals surface area contributed by atoms with Crippen LogP contribution in [0.15, 0.2) is 24.3 Å². The van der Waals surface area contributed by atoms with E-state index >= 15 is 0 Å². The van der Waals surface area contributed by atoms with E-state index in [1.54, 1.807) is 24.3 Å². The Morgan fingerprint density at radius 2 is 1.79 bits per heavy atom. The van der Waals surface area contributed by atoms with Gasteiger partial charge in [0.15, 0.2) is 0 Å². The lowest BCUT2D eigenvalue weighted by atomic mass is 10.1. The van der Waals surface area contributed by atoms with Crippen LogP contribution in [-0.4, -0.2) is 30.9 Å². The smallest absolute Gasteiger partial charge is 0.251 e. The summed E-state index contributed by atoms with van der Waals surface area (Å²) in [5.41, 5.74) is 1.32. The highest BCUT2D eigenvalue weighted by Gasteiger charge is 2.16. The molecule has 0 spiro atoms. The van der Waals surface area contributed by atoms with Gasteiger partial charge >= 0.3 is 0 Å². The molecule has 1 saturated heterocycles. The molecule has 0 aliphatic carbocycles. The highest BCUT2D eigenvalue weighted by Crippen LogP contribution is 2.10. The molecule has 1 heterocycles. The van der Waals surface area contributed by atoms with Crippen LogP contribution in [0.1, 0.15) is 30.1 Å². The van der Waals surface area contributed by atoms with Crippen molar-refractivity contribution >= 4 is 17.5 Å². The van der Waals surface area contributed by atoms with Gasteiger partial charge < -0.3 is 16.0 Å². The van der Waals surface area contributed by atoms with Crippen molar-refractivity contribution in [1.82, 2.24) is 10.6 Å². The number of benzene rings is 1. The molecule has 1 fully saturated rings. The largest absolute Gasteiger partial charge is 0.349 e. The molecule has 0 aromatic heterocycles. The van der Waals surface area contributed by atoms with Crippen molar-refractivity contribution in [2.24, 2.45) is 0 Å². The molecule has 1 aliphatic heterocycles. The maximum atomic E-state index is 12.0. The van der Waals surface area contributed by atoms with Gasteiger partial charge in [0.25, 0.3) is 5.91 Å². The zero-order valence-electron chi connectivity index (χ0n) is 11.0. The molecule has 2 rings (SSSR count). The number of nitrogens with one attached hydrogen (secondary N) is 3. The van der Waals surface area contributed by atoms with Crippen LogP contribution in [-0.2, 0) is 4.79 Å². The molecule has 5 nitrogen and oxygen atoms in total. The van der Waals surface area contributed by atoms with Crippen LogP contribution in [0.2, 0.25) is 0 Å². The van der Waals surface area contributed by atoms with Gasteiger partial charge in [-0.3, -0.25) is 9.59 Å². The first-order chi connectivity index (χ1) is 9.15. The van der Waals surface area contributed by atoms with E-state index in [1.165, 1.54) is 6.92 Å². The third-order valence-corrected chi connectivity index (χ3v) is 3.14. The van der Waals surface area contributed by atoms with Crippen molar-refractivity contribution in [3.8, 4) is 0 Å². The Labute approximate surface area is 112 Å². The van der Waals surface area contributed by atoms with Gasteiger partial charge in [-0.05, 0) is 50.2 Å². The summed E-state index contributed by atoms with van der Waals surface area (Å²) in [5.74, 6) is -0.173. The van der Waals surface area contributed by atoms with Crippen LogP contribution in [0.25, 0.3) is 0 Å². The molecular formula is C14H19N3O2. The van der Waals surface area contributed by atoms with E-state index in [1.807, 2.05) is 0 Å². The summed E-state index contributed by atoms with van der Waals surface area (Å²) in [6, 6.07) is 7.17. The van der Waals surface area contributed by atoms with Gasteiger partial charge in [-0.25, -0.2) is 0 Å². The van der Waals surface area contributed by atoms with Crippen LogP contribution in [0.3, 0.4) is 0 Å². The monoisotopic (exact) mass is 261 g/mol. The Balaban J connectivity index is 1.93. The van der Waals surface area contributed by atoms with Crippen LogP contribution >= 0.6 is 0 Å². The van der Waals surface area contributed by atoms with Gasteiger partial charge in [0, 0.05) is 24.2 Å². The number of hydrogen-bond donors (Lipinski definition) is 3. The van der Waals surface area contributed by atoms with Crippen LogP contribution in [0.4, 0.5) is 5.69 Å². The fourth-order valence-electron chi connectivity index (χ4n) is 2.14. The molecule has 0 saturated carbocycles. The van der Waals surface area contributed by atoms with Crippen molar-refractivity contribution in [3.63, 3.8) is 0 Å². The van der Waals surface area contributed by atoms with E-state index in [0.717, 1.165) is 25.9 Å². The first-order valence-electron chi connectivity index (χ1n) is 6.54. The Hall–Kier alpha value is -1.88. The molecule has 0 atom stereocenters. The van der Waals surface area contributed by atoms with Crippen molar-refractivity contribution in [2.45, 2.75) is 25.8 Å². The lowest BCUT2D eigenvalue weighted by Crippen LogP contribution is -2.42. The zero-order chi connectivity index (χ0) is 13.7. The predicted octanol–water partition coefficient (Wildman–Crippen LogP) is 1.13. The Morgan fingerprint density at radius 1 is 1.16 bits per heavy atom. The molecule has 3 N–H and O–H groups in total. The SMILES string of the molecule is CC(=O)Nc1ccc(C(=O)NC2CCNCC2)cc1. The number of anilines is 1. The Bertz CT molecular complexity index is 450. The van der Waals surface area contributed by atoms with E-state index in [2.05, 4.69) is 16.0 Å². The number of carbonyl (C=O) groups excluding carboxylic acids is 2. The number of carbonyl (C=O) groups is 2. The van der Waals surface area contributed by atoms with Crippen molar-refractivity contribution in [2.75, 3.05) is 18.4 Å². The second-order valence-electron chi connectivity index (χ2n) is 4.76. The van der Waals surface area contributed by atoms with E-state index in [0.29, 0.717) is 11.3 Å². The standard InChI is InChI=1S/C14H19N3O2/c1-10(18)16-12-4-2-11(3-5-12)14(19)17-13-6-8-15-9-7-13/h2-5,13,15H,6-9H2,1H3,(H,16,18)(H,17,19). The fraction of sp³-hybridized carbons (Fsp3) is 0.429. The maximum Gasteiger partial charge on any atom is 0.251 e. The van der Waals surface area contributed by atoms with Crippen molar-refractivity contribution in [1.29, 1.82) is 0 Å². The number of amides is 2. The summed E-state index contributed by atoms with van der Waals surface area (Å²) in [7, 11) is 0. The van der Waals surface area contributed by atoms with Crippen LogP contribution < -0.4 is 16.0 Å². The van der Waals surface area contributed by atoms with Crippen molar-refractivity contribution < 1.29 is 9.59 Å². The molecule has 2 amide bonds. The fourth-order valence-corrected chi connectivity index (χ4v) is 2.14. The molecule has 0 radical (unpaired) electrons. The van der Waals surface area contributed by atoms with Crippen LogP contribution in [0, 0.1) is 0 Å². The lowest BCUT2D eigenvalue weighted by molar-refractivity contribution is -0.114. The third-order valence-electron chi connectivity index (χ3n) is 3.14. The minimum absolute atomic E-state index is 0.0544. The molecule has 1 aromatic rings. The first kappa shape index (κ1) is 13.5. The third kappa shape index (κ3) is 4.06. The van der Waals surface area contributed by atoms with E-state index in [-0.39, 0.29) is 17.9 Å². The number of piperidine rings is 1. The predicted molar refractivity (Wildman–Crippen MR) is 74.1 cm³/mol. The second kappa shape index (κ2) is 6.33. The van der Waals surface area contributed by atoms with Gasteiger partial charge in [0.05, 0.1) is 0 Å². The highest BCUT2D eigenvalue weighted by atomic mass is 16.2. The van der Waals surface area contributed by atoms with Gasteiger partial charge in [0.2, 0.25) is 5.91 Å². The van der Waals surface area contributed by atoms with Gasteiger partial charge in [-0.1, -0.05) is 0 Å². The van der Waals surface area contributed by atoms with E-state index in [9.17, 15) is 9.59 Å². The van der Waals surface area contributed by atoms with Gasteiger partial charge in [-0.15, -0.1) is 0 Å². The summed E-state index contributed by atoms with van der Waals surface area (Å²) in [4.78, 5) is 22.9. The molecular weight excluding hydrogens is 242 g/mol. The summed E-state index contributed by atoms with van der Waals surface area (Å²) in [6.07, 6.45) is 1.94. The molecule has 102 valence electrons. The summed E-state index contributed by atoms with van der Waals surface area (Å²) in [6.45, 7) is 3.36. The molecule has 0 bridgehead atoms. The molecule has 1 aliphatic rings. The number of hydrogen-bond acceptors (Lipinski definition) is 3. The van der Waals surface area contributed by atoms with Gasteiger partial charge in [0.1, 0.15) is 0 Å². The average Bonchev–Trinajstić information content (AvgIpc) is 2.40. The molecule has 1 aromatic carbocycles. The first-order valence-corrected chi connectivity index (χ1v) is 6.54. The van der Waals surface area contributed by atoms with Gasteiger partial charge in [-0.2, -0.15) is 0 Å².